The number of aliphatic hydroxyl groups excluding tert-OH is 1. The van der Waals surface area contributed by atoms with Gasteiger partial charge in [0.15, 0.2) is 0 Å². The van der Waals surface area contributed by atoms with E-state index < -0.39 is 5.97 Å². The van der Waals surface area contributed by atoms with Crippen molar-refractivity contribution in [2.24, 2.45) is 5.41 Å². The number of ether oxygens (including phenoxy) is 2. The van der Waals surface area contributed by atoms with Crippen LogP contribution < -0.4 is 5.32 Å². The first kappa shape index (κ1) is 16.7. The first-order valence-corrected chi connectivity index (χ1v) is 8.09. The summed E-state index contributed by atoms with van der Waals surface area (Å²) in [6, 6.07) is 7.69. The lowest BCUT2D eigenvalue weighted by atomic mass is 9.87. The Morgan fingerprint density at radius 2 is 2.17 bits per heavy atom. The van der Waals surface area contributed by atoms with Crippen molar-refractivity contribution in [2.75, 3.05) is 38.3 Å². The molecule has 0 saturated carbocycles. The van der Waals surface area contributed by atoms with Gasteiger partial charge in [0, 0.05) is 11.9 Å². The molecule has 2 N–H and O–H groups in total. The maximum absolute atomic E-state index is 12.4. The largest absolute Gasteiger partial charge is 0.462 e. The summed E-state index contributed by atoms with van der Waals surface area (Å²) < 4.78 is 10.4. The van der Waals surface area contributed by atoms with Gasteiger partial charge in [0.1, 0.15) is 11.4 Å². The number of nitrogens with zero attached hydrogens (tertiary/aromatic N) is 1. The minimum Gasteiger partial charge on any atom is -0.462 e. The number of aryl methyl sites for hydroxylation is 1. The second-order valence-electron chi connectivity index (χ2n) is 6.20. The van der Waals surface area contributed by atoms with Gasteiger partial charge >= 0.3 is 5.97 Å². The highest BCUT2D eigenvalue weighted by Gasteiger charge is 2.38. The number of pyridine rings is 1. The fourth-order valence-electron chi connectivity index (χ4n) is 2.87. The Balaban J connectivity index is 2.00. The highest BCUT2D eigenvalue weighted by Crippen LogP contribution is 2.30. The number of esters is 1. The van der Waals surface area contributed by atoms with Crippen molar-refractivity contribution in [3.63, 3.8) is 0 Å². The number of carbonyl (C=O) groups excluding carboxylic acids is 1. The molecule has 1 fully saturated rings. The summed E-state index contributed by atoms with van der Waals surface area (Å²) in [4.78, 5) is 17.0. The molecule has 1 aromatic heterocycles. The van der Waals surface area contributed by atoms with Crippen molar-refractivity contribution in [3.8, 4) is 0 Å². The number of fused-ring (bicyclic) bond motifs is 1. The molecular weight excluding hydrogens is 308 g/mol. The van der Waals surface area contributed by atoms with E-state index in [-0.39, 0.29) is 12.0 Å². The minimum absolute atomic E-state index is 0.0291. The minimum atomic E-state index is -0.390. The molecule has 0 atom stereocenters. The van der Waals surface area contributed by atoms with E-state index in [0.717, 1.165) is 16.5 Å². The molecule has 0 aliphatic carbocycles. The van der Waals surface area contributed by atoms with E-state index in [0.29, 0.717) is 37.7 Å². The number of rotatable bonds is 6. The van der Waals surface area contributed by atoms with Crippen molar-refractivity contribution in [3.05, 3.63) is 35.4 Å². The molecule has 1 aliphatic rings. The third-order valence-electron chi connectivity index (χ3n) is 4.41. The van der Waals surface area contributed by atoms with Crippen LogP contribution in [0.5, 0.6) is 0 Å². The lowest BCUT2D eigenvalue weighted by Crippen LogP contribution is -2.50. The molecule has 2 heterocycles. The van der Waals surface area contributed by atoms with E-state index in [1.165, 1.54) is 0 Å². The highest BCUT2D eigenvalue weighted by atomic mass is 16.5. The SMILES string of the molecule is CCOC(=O)c1c(NCC2(CO)COC2)nc2ccccc2c1C. The summed E-state index contributed by atoms with van der Waals surface area (Å²) in [5.74, 6) is 0.100. The first-order chi connectivity index (χ1) is 11.6. The van der Waals surface area contributed by atoms with Gasteiger partial charge in [0.2, 0.25) is 0 Å². The second-order valence-corrected chi connectivity index (χ2v) is 6.20. The monoisotopic (exact) mass is 330 g/mol. The zero-order valence-corrected chi connectivity index (χ0v) is 14.0. The quantitative estimate of drug-likeness (QED) is 0.790. The van der Waals surface area contributed by atoms with Gasteiger partial charge in [0.05, 0.1) is 37.4 Å². The predicted molar refractivity (Wildman–Crippen MR) is 91.3 cm³/mol. The van der Waals surface area contributed by atoms with E-state index in [9.17, 15) is 9.90 Å². The molecule has 0 spiro atoms. The van der Waals surface area contributed by atoms with Crippen molar-refractivity contribution in [1.29, 1.82) is 0 Å². The van der Waals surface area contributed by atoms with Gasteiger partial charge in [-0.1, -0.05) is 18.2 Å². The molecule has 6 nitrogen and oxygen atoms in total. The van der Waals surface area contributed by atoms with E-state index in [4.69, 9.17) is 9.47 Å². The van der Waals surface area contributed by atoms with Crippen LogP contribution in [0.25, 0.3) is 10.9 Å². The summed E-state index contributed by atoms with van der Waals surface area (Å²) >= 11 is 0. The van der Waals surface area contributed by atoms with Gasteiger partial charge in [-0.3, -0.25) is 0 Å². The molecule has 6 heteroatoms. The number of aromatic nitrogens is 1. The van der Waals surface area contributed by atoms with Crippen molar-refractivity contribution < 1.29 is 19.4 Å². The van der Waals surface area contributed by atoms with E-state index in [1.807, 2.05) is 31.2 Å². The van der Waals surface area contributed by atoms with Crippen LogP contribution in [0, 0.1) is 12.3 Å². The number of carbonyl (C=O) groups is 1. The van der Waals surface area contributed by atoms with Gasteiger partial charge < -0.3 is 19.9 Å². The molecule has 3 rings (SSSR count). The van der Waals surface area contributed by atoms with Crippen molar-refractivity contribution in [1.82, 2.24) is 4.98 Å². The third kappa shape index (κ3) is 2.95. The summed E-state index contributed by atoms with van der Waals surface area (Å²) in [6.45, 7) is 5.49. The maximum atomic E-state index is 12.4. The highest BCUT2D eigenvalue weighted by molar-refractivity contribution is 6.02. The predicted octanol–water partition coefficient (Wildman–Crippen LogP) is 2.14. The second kappa shape index (κ2) is 6.75. The Morgan fingerprint density at radius 1 is 1.42 bits per heavy atom. The molecule has 2 aromatic rings. The molecule has 1 saturated heterocycles. The summed E-state index contributed by atoms with van der Waals surface area (Å²) in [6.07, 6.45) is 0. The molecule has 1 aliphatic heterocycles. The normalized spacial score (nSPS) is 15.8. The van der Waals surface area contributed by atoms with E-state index >= 15 is 0 Å². The van der Waals surface area contributed by atoms with Gasteiger partial charge in [-0.25, -0.2) is 9.78 Å². The Morgan fingerprint density at radius 3 is 2.79 bits per heavy atom. The van der Waals surface area contributed by atoms with E-state index in [1.54, 1.807) is 6.92 Å². The number of anilines is 1. The molecule has 0 amide bonds. The van der Waals surface area contributed by atoms with Crippen LogP contribution in [-0.4, -0.2) is 49.0 Å². The summed E-state index contributed by atoms with van der Waals surface area (Å²) in [5.41, 5.74) is 1.79. The Hall–Kier alpha value is -2.18. The fraction of sp³-hybridized carbons (Fsp3) is 0.444. The van der Waals surface area contributed by atoms with Crippen LogP contribution in [0.1, 0.15) is 22.8 Å². The number of hydrogen-bond acceptors (Lipinski definition) is 6. The van der Waals surface area contributed by atoms with Gasteiger partial charge in [-0.15, -0.1) is 0 Å². The van der Waals surface area contributed by atoms with E-state index in [2.05, 4.69) is 10.3 Å². The molecule has 0 unspecified atom stereocenters. The standard InChI is InChI=1S/C18H22N2O4/c1-3-24-17(22)15-12(2)13-6-4-5-7-14(13)20-16(15)19-8-18(9-21)10-23-11-18/h4-7,21H,3,8-11H2,1-2H3,(H,19,20). The Kier molecular flexibility index (Phi) is 4.69. The lowest BCUT2D eigenvalue weighted by Gasteiger charge is -2.40. The third-order valence-corrected chi connectivity index (χ3v) is 4.41. The molecular formula is C18H22N2O4. The van der Waals surface area contributed by atoms with Gasteiger partial charge in [-0.05, 0) is 25.5 Å². The van der Waals surface area contributed by atoms with Gasteiger partial charge in [0.25, 0.3) is 0 Å². The molecule has 1 aromatic carbocycles. The van der Waals surface area contributed by atoms with Crippen LogP contribution in [-0.2, 0) is 9.47 Å². The fourth-order valence-corrected chi connectivity index (χ4v) is 2.87. The lowest BCUT2D eigenvalue weighted by molar-refractivity contribution is -0.128. The Bertz CT molecular complexity index is 751. The smallest absolute Gasteiger partial charge is 0.342 e. The summed E-state index contributed by atoms with van der Waals surface area (Å²) in [7, 11) is 0. The van der Waals surface area contributed by atoms with Crippen molar-refractivity contribution in [2.45, 2.75) is 13.8 Å². The molecule has 0 radical (unpaired) electrons. The van der Waals surface area contributed by atoms with Crippen LogP contribution in [0.3, 0.4) is 0 Å². The zero-order valence-electron chi connectivity index (χ0n) is 14.0. The zero-order chi connectivity index (χ0) is 17.2. The number of nitrogens with one attached hydrogen (secondary N) is 1. The average Bonchev–Trinajstić information content (AvgIpc) is 2.54. The molecule has 0 bridgehead atoms. The van der Waals surface area contributed by atoms with Crippen LogP contribution in [0.2, 0.25) is 0 Å². The number of benzene rings is 1. The van der Waals surface area contributed by atoms with Gasteiger partial charge in [-0.2, -0.15) is 0 Å². The van der Waals surface area contributed by atoms with Crippen LogP contribution in [0.15, 0.2) is 24.3 Å². The topological polar surface area (TPSA) is 80.7 Å². The van der Waals surface area contributed by atoms with Crippen LogP contribution in [0.4, 0.5) is 5.82 Å². The number of aliphatic hydroxyl groups is 1. The average molecular weight is 330 g/mol. The van der Waals surface area contributed by atoms with Crippen LogP contribution >= 0.6 is 0 Å². The summed E-state index contributed by atoms with van der Waals surface area (Å²) in [5, 5.41) is 13.7. The first-order valence-electron chi connectivity index (χ1n) is 8.09. The number of para-hydroxylation sites is 1. The molecule has 128 valence electrons. The Labute approximate surface area is 140 Å². The molecule has 24 heavy (non-hydrogen) atoms. The number of hydrogen-bond donors (Lipinski definition) is 2. The van der Waals surface area contributed by atoms with Crippen molar-refractivity contribution >= 4 is 22.7 Å². The maximum Gasteiger partial charge on any atom is 0.342 e.